The molecular weight excluding hydrogens is 542 g/mol. The first-order valence-electron chi connectivity index (χ1n) is 14.6. The van der Waals surface area contributed by atoms with E-state index in [0.29, 0.717) is 55.8 Å². The molecule has 0 radical (unpaired) electrons. The smallest absolute Gasteiger partial charge is 0.309 e. The summed E-state index contributed by atoms with van der Waals surface area (Å²) >= 11 is 7.03. The number of likely N-dealkylation sites (tertiary alicyclic amines) is 2. The number of alkyl halides is 2. The van der Waals surface area contributed by atoms with Crippen LogP contribution < -0.4 is 9.64 Å². The lowest BCUT2D eigenvalue weighted by Crippen LogP contribution is -2.61. The average molecular weight is 581 g/mol. The third kappa shape index (κ3) is 5.22. The maximum atomic E-state index is 13.9. The number of oxime groups is 1. The molecule has 0 aromatic heterocycles. The van der Waals surface area contributed by atoms with Crippen LogP contribution in [0.5, 0.6) is 5.75 Å². The van der Waals surface area contributed by atoms with Gasteiger partial charge in [-0.15, -0.1) is 0 Å². The molecule has 4 aliphatic heterocycles. The van der Waals surface area contributed by atoms with Crippen LogP contribution in [0.4, 0.5) is 14.5 Å². The number of aliphatic carboxylic acids is 1. The number of carboxylic acids is 1. The minimum absolute atomic E-state index is 0.157. The summed E-state index contributed by atoms with van der Waals surface area (Å²) in [6, 6.07) is 2.20. The van der Waals surface area contributed by atoms with Crippen LogP contribution in [0.25, 0.3) is 0 Å². The summed E-state index contributed by atoms with van der Waals surface area (Å²) in [6.07, 6.45) is 3.78. The summed E-state index contributed by atoms with van der Waals surface area (Å²) < 4.78 is 33.9. The normalized spacial score (nSPS) is 25.4. The number of nitrogens with zero attached hydrogens (tertiary/aromatic N) is 4. The Hall–Kier alpha value is -2.33. The van der Waals surface area contributed by atoms with E-state index in [1.165, 1.54) is 0 Å². The number of piperidine rings is 2. The molecule has 1 aromatic rings. The van der Waals surface area contributed by atoms with E-state index in [-0.39, 0.29) is 31.5 Å². The predicted octanol–water partition coefficient (Wildman–Crippen LogP) is 5.33. The van der Waals surface area contributed by atoms with Gasteiger partial charge in [0, 0.05) is 64.2 Å². The molecule has 0 amide bonds. The van der Waals surface area contributed by atoms with Crippen molar-refractivity contribution < 1.29 is 28.3 Å². The Kier molecular flexibility index (Phi) is 7.09. The van der Waals surface area contributed by atoms with Gasteiger partial charge in [-0.25, -0.2) is 8.78 Å². The highest BCUT2D eigenvalue weighted by Crippen LogP contribution is 2.52. The third-order valence-electron chi connectivity index (χ3n) is 9.41. The van der Waals surface area contributed by atoms with Crippen molar-refractivity contribution in [2.45, 2.75) is 82.8 Å². The minimum atomic E-state index is -2.61. The van der Waals surface area contributed by atoms with E-state index in [4.69, 9.17) is 21.2 Å². The number of anilines is 1. The molecule has 1 saturated carbocycles. The fraction of sp³-hybridized carbons (Fsp3) is 0.724. The lowest BCUT2D eigenvalue weighted by atomic mass is 9.80. The van der Waals surface area contributed by atoms with Crippen LogP contribution in [0.2, 0.25) is 5.02 Å². The van der Waals surface area contributed by atoms with E-state index in [1.807, 2.05) is 18.7 Å². The van der Waals surface area contributed by atoms with Gasteiger partial charge in [0.2, 0.25) is 0 Å². The van der Waals surface area contributed by atoms with Crippen molar-refractivity contribution in [2.75, 3.05) is 50.8 Å². The number of hydrogen-bond acceptors (Lipinski definition) is 7. The van der Waals surface area contributed by atoms with Crippen LogP contribution in [0.1, 0.15) is 75.8 Å². The van der Waals surface area contributed by atoms with Gasteiger partial charge < -0.3 is 24.5 Å². The van der Waals surface area contributed by atoms with Crippen molar-refractivity contribution >= 4 is 29.1 Å². The molecule has 5 aliphatic rings. The van der Waals surface area contributed by atoms with Crippen molar-refractivity contribution in [1.29, 1.82) is 0 Å². The van der Waals surface area contributed by atoms with Crippen LogP contribution in [-0.4, -0.2) is 84.1 Å². The number of amidine groups is 1. The maximum absolute atomic E-state index is 13.9. The van der Waals surface area contributed by atoms with Gasteiger partial charge in [0.05, 0.1) is 24.1 Å². The quantitative estimate of drug-likeness (QED) is 0.467. The zero-order valence-corrected chi connectivity index (χ0v) is 24.1. The Morgan fingerprint density at radius 1 is 1.15 bits per heavy atom. The summed E-state index contributed by atoms with van der Waals surface area (Å²) in [7, 11) is 0. The van der Waals surface area contributed by atoms with Gasteiger partial charge in [-0.3, -0.25) is 9.69 Å². The second-order valence-electron chi connectivity index (χ2n) is 12.6. The highest BCUT2D eigenvalue weighted by Gasteiger charge is 2.51. The minimum Gasteiger partial charge on any atom is -0.492 e. The number of benzene rings is 1. The van der Waals surface area contributed by atoms with Crippen LogP contribution in [0, 0.1) is 5.41 Å². The van der Waals surface area contributed by atoms with Crippen molar-refractivity contribution in [2.24, 2.45) is 10.6 Å². The highest BCUT2D eigenvalue weighted by molar-refractivity contribution is 6.35. The van der Waals surface area contributed by atoms with Crippen LogP contribution >= 0.6 is 11.6 Å². The van der Waals surface area contributed by atoms with Crippen molar-refractivity contribution in [3.63, 3.8) is 0 Å². The molecule has 1 aromatic carbocycles. The molecule has 4 heterocycles. The van der Waals surface area contributed by atoms with Gasteiger partial charge in [0.15, 0.2) is 5.60 Å². The summed E-state index contributed by atoms with van der Waals surface area (Å²) in [5, 5.41) is 14.5. The Morgan fingerprint density at radius 3 is 2.40 bits per heavy atom. The molecular formula is C29H39ClF2N4O4. The van der Waals surface area contributed by atoms with Crippen LogP contribution in [0.3, 0.4) is 0 Å². The number of carbonyl (C=O) groups is 1. The molecule has 220 valence electrons. The van der Waals surface area contributed by atoms with Crippen LogP contribution in [-0.2, 0) is 16.2 Å². The largest absolute Gasteiger partial charge is 0.492 e. The summed E-state index contributed by atoms with van der Waals surface area (Å²) in [5.74, 6) is -1.37. The Labute approximate surface area is 239 Å². The standard InChI is InChI=1S/C29H39ClF2N4O4/c1-3-39-25-20(14-21(19-4-5-19)24(23(25)30)36-12-8-29(31,32)9-13-36)16-34-17-28(18-34)15-22(33-40-28)35-10-6-27(2,7-11-35)26(37)38/h14,19H,3-13,15-18H2,1-2H3,(H,37,38). The molecule has 11 heteroatoms. The number of halogens is 3. The molecule has 6 rings (SSSR count). The number of hydrogen-bond donors (Lipinski definition) is 1. The second kappa shape index (κ2) is 10.2. The summed E-state index contributed by atoms with van der Waals surface area (Å²) in [5.41, 5.74) is 2.04. The van der Waals surface area contributed by atoms with Crippen LogP contribution in [0.15, 0.2) is 11.2 Å². The van der Waals surface area contributed by atoms with Gasteiger partial charge in [-0.05, 0) is 57.1 Å². The third-order valence-corrected chi connectivity index (χ3v) is 9.76. The molecule has 3 saturated heterocycles. The molecule has 1 spiro atoms. The molecule has 1 aliphatic carbocycles. The van der Waals surface area contributed by atoms with Gasteiger partial charge in [0.25, 0.3) is 5.92 Å². The fourth-order valence-corrected chi connectivity index (χ4v) is 7.04. The Balaban J connectivity index is 1.13. The Bertz CT molecular complexity index is 1180. The van der Waals surface area contributed by atoms with Gasteiger partial charge in [0.1, 0.15) is 16.6 Å². The van der Waals surface area contributed by atoms with E-state index < -0.39 is 17.3 Å². The first kappa shape index (κ1) is 27.8. The molecule has 0 atom stereocenters. The molecule has 1 N–H and O–H groups in total. The SMILES string of the molecule is CCOc1c(CN2CC3(CC(N4CCC(C)(C(=O)O)CC4)=NO3)C2)cc(C2CC2)c(N2CCC(F)(F)CC2)c1Cl. The van der Waals surface area contributed by atoms with Gasteiger partial charge >= 0.3 is 5.97 Å². The van der Waals surface area contributed by atoms with Gasteiger partial charge in [-0.2, -0.15) is 0 Å². The maximum Gasteiger partial charge on any atom is 0.309 e. The van der Waals surface area contributed by atoms with E-state index >= 15 is 0 Å². The lowest BCUT2D eigenvalue weighted by Gasteiger charge is -2.46. The molecule has 0 unspecified atom stereocenters. The zero-order chi connectivity index (χ0) is 28.3. The molecule has 0 bridgehead atoms. The number of carboxylic acid groups (broad SMARTS) is 1. The number of rotatable bonds is 7. The topological polar surface area (TPSA) is 77.8 Å². The summed E-state index contributed by atoms with van der Waals surface area (Å²) in [6.45, 7) is 8.26. The predicted molar refractivity (Wildman–Crippen MR) is 149 cm³/mol. The average Bonchev–Trinajstić information content (AvgIpc) is 3.65. The first-order chi connectivity index (χ1) is 19.0. The number of ether oxygens (including phenoxy) is 1. The molecule has 40 heavy (non-hydrogen) atoms. The van der Waals surface area contributed by atoms with Crippen molar-refractivity contribution in [3.8, 4) is 5.75 Å². The van der Waals surface area contributed by atoms with Crippen molar-refractivity contribution in [3.05, 3.63) is 22.2 Å². The molecule has 4 fully saturated rings. The monoisotopic (exact) mass is 580 g/mol. The Morgan fingerprint density at radius 2 is 1.80 bits per heavy atom. The van der Waals surface area contributed by atoms with E-state index in [0.717, 1.165) is 55.0 Å². The second-order valence-corrected chi connectivity index (χ2v) is 13.0. The fourth-order valence-electron chi connectivity index (χ4n) is 6.63. The van der Waals surface area contributed by atoms with E-state index in [9.17, 15) is 18.7 Å². The lowest BCUT2D eigenvalue weighted by molar-refractivity contribution is -0.150. The molecule has 8 nitrogen and oxygen atoms in total. The summed E-state index contributed by atoms with van der Waals surface area (Å²) in [4.78, 5) is 24.1. The van der Waals surface area contributed by atoms with Crippen molar-refractivity contribution in [1.82, 2.24) is 9.80 Å². The first-order valence-corrected chi connectivity index (χ1v) is 15.0. The van der Waals surface area contributed by atoms with E-state index in [1.54, 1.807) is 0 Å². The zero-order valence-electron chi connectivity index (χ0n) is 23.4. The van der Waals surface area contributed by atoms with Gasteiger partial charge in [-0.1, -0.05) is 16.8 Å². The van der Waals surface area contributed by atoms with E-state index in [2.05, 4.69) is 21.0 Å². The highest BCUT2D eigenvalue weighted by atomic mass is 35.5.